The molecule has 0 atom stereocenters. The number of nitrogens with zero attached hydrogens (tertiary/aromatic N) is 2. The molecule has 0 aliphatic rings. The van der Waals surface area contributed by atoms with E-state index in [1.54, 1.807) is 0 Å². The molecule has 1 heterocycles. The van der Waals surface area contributed by atoms with Gasteiger partial charge in [-0.2, -0.15) is 4.98 Å². The molecular weight excluding hydrogens is 248 g/mol. The minimum atomic E-state index is -0.892. The van der Waals surface area contributed by atoms with Crippen LogP contribution in [0, 0.1) is 0 Å². The summed E-state index contributed by atoms with van der Waals surface area (Å²) in [5.41, 5.74) is -0.731. The van der Waals surface area contributed by atoms with Gasteiger partial charge in [0.15, 0.2) is 5.69 Å². The lowest BCUT2D eigenvalue weighted by atomic mass is 9.90. The molecule has 0 aliphatic heterocycles. The number of carbonyl (C=O) groups excluding carboxylic acids is 1. The first-order chi connectivity index (χ1) is 9.08. The van der Waals surface area contributed by atoms with Gasteiger partial charge in [-0.15, -0.1) is 0 Å². The third-order valence-electron chi connectivity index (χ3n) is 3.28. The summed E-state index contributed by atoms with van der Waals surface area (Å²) < 4.78 is 15.5. The highest BCUT2D eigenvalue weighted by Gasteiger charge is 2.38. The second kappa shape index (κ2) is 6.47. The average Bonchev–Trinajstić information content (AvgIpc) is 2.48. The molecule has 0 aliphatic carbocycles. The molecule has 0 saturated heterocycles. The number of hydrogen-bond donors (Lipinski definition) is 0. The van der Waals surface area contributed by atoms with E-state index in [0.717, 1.165) is 0 Å². The van der Waals surface area contributed by atoms with Gasteiger partial charge in [-0.1, -0.05) is 13.8 Å². The third-order valence-corrected chi connectivity index (χ3v) is 3.28. The maximum Gasteiger partial charge on any atom is 0.246 e. The quantitative estimate of drug-likeness (QED) is 0.703. The lowest BCUT2D eigenvalue weighted by Gasteiger charge is -2.28. The molecule has 1 aromatic rings. The zero-order valence-corrected chi connectivity index (χ0v) is 12.0. The Bertz CT molecular complexity index is 436. The molecule has 0 bridgehead atoms. The van der Waals surface area contributed by atoms with Crippen LogP contribution in [0.4, 0.5) is 0 Å². The van der Waals surface area contributed by atoms with Crippen molar-refractivity contribution in [3.05, 3.63) is 11.9 Å². The second-order valence-electron chi connectivity index (χ2n) is 4.00. The van der Waals surface area contributed by atoms with Gasteiger partial charge in [0.1, 0.15) is 5.60 Å². The molecule has 0 saturated carbocycles. The monoisotopic (exact) mass is 268 g/mol. The van der Waals surface area contributed by atoms with Gasteiger partial charge in [-0.25, -0.2) is 4.98 Å². The van der Waals surface area contributed by atoms with Gasteiger partial charge in [0.05, 0.1) is 20.4 Å². The lowest BCUT2D eigenvalue weighted by molar-refractivity contribution is -0.00330. The molecule has 0 spiro atoms. The van der Waals surface area contributed by atoms with Gasteiger partial charge >= 0.3 is 0 Å². The summed E-state index contributed by atoms with van der Waals surface area (Å²) in [6.07, 6.45) is 2.49. The Morgan fingerprint density at radius 1 is 1.21 bits per heavy atom. The summed E-state index contributed by atoms with van der Waals surface area (Å²) in [7, 11) is 4.43. The fourth-order valence-electron chi connectivity index (χ4n) is 1.92. The highest BCUT2D eigenvalue weighted by atomic mass is 16.5. The van der Waals surface area contributed by atoms with E-state index in [4.69, 9.17) is 14.2 Å². The van der Waals surface area contributed by atoms with E-state index in [-0.39, 0.29) is 17.4 Å². The molecule has 0 amide bonds. The number of carbonyl (C=O) groups is 1. The van der Waals surface area contributed by atoms with Gasteiger partial charge < -0.3 is 14.2 Å². The Labute approximate surface area is 113 Å². The van der Waals surface area contributed by atoms with E-state index in [1.165, 1.54) is 27.5 Å². The molecule has 6 nitrogen and oxygen atoms in total. The maximum absolute atomic E-state index is 12.6. The summed E-state index contributed by atoms with van der Waals surface area (Å²) >= 11 is 0. The molecule has 0 N–H and O–H groups in total. The van der Waals surface area contributed by atoms with Crippen molar-refractivity contribution in [1.82, 2.24) is 9.97 Å². The van der Waals surface area contributed by atoms with Crippen molar-refractivity contribution in [2.75, 3.05) is 21.3 Å². The highest BCUT2D eigenvalue weighted by Crippen LogP contribution is 2.28. The van der Waals surface area contributed by atoms with Gasteiger partial charge in [-0.05, 0) is 12.8 Å². The molecule has 6 heteroatoms. The first kappa shape index (κ1) is 15.4. The van der Waals surface area contributed by atoms with Crippen LogP contribution in [-0.2, 0) is 4.74 Å². The molecule has 0 aromatic carbocycles. The fourth-order valence-corrected chi connectivity index (χ4v) is 1.92. The van der Waals surface area contributed by atoms with Crippen LogP contribution in [0.2, 0.25) is 0 Å². The minimum absolute atomic E-state index is 0.146. The summed E-state index contributed by atoms with van der Waals surface area (Å²) in [6.45, 7) is 3.79. The van der Waals surface area contributed by atoms with Crippen molar-refractivity contribution in [3.63, 3.8) is 0 Å². The van der Waals surface area contributed by atoms with E-state index in [1.807, 2.05) is 13.8 Å². The first-order valence-corrected chi connectivity index (χ1v) is 6.13. The van der Waals surface area contributed by atoms with Crippen molar-refractivity contribution >= 4 is 5.78 Å². The predicted molar refractivity (Wildman–Crippen MR) is 69.8 cm³/mol. The Balaban J connectivity index is 3.25. The Hall–Kier alpha value is -1.69. The lowest BCUT2D eigenvalue weighted by Crippen LogP contribution is -2.40. The number of rotatable bonds is 7. The molecule has 0 unspecified atom stereocenters. The van der Waals surface area contributed by atoms with E-state index in [0.29, 0.717) is 18.7 Å². The summed E-state index contributed by atoms with van der Waals surface area (Å²) in [5, 5.41) is 0. The number of ether oxygens (including phenoxy) is 3. The largest absolute Gasteiger partial charge is 0.480 e. The van der Waals surface area contributed by atoms with Crippen LogP contribution >= 0.6 is 0 Å². The molecule has 106 valence electrons. The normalized spacial score (nSPS) is 11.2. The fraction of sp³-hybridized carbons (Fsp3) is 0.615. The van der Waals surface area contributed by atoms with Crippen molar-refractivity contribution in [2.45, 2.75) is 32.3 Å². The molecule has 0 radical (unpaired) electrons. The molecule has 19 heavy (non-hydrogen) atoms. The van der Waals surface area contributed by atoms with E-state index < -0.39 is 5.60 Å². The van der Waals surface area contributed by atoms with Crippen molar-refractivity contribution in [1.29, 1.82) is 0 Å². The Morgan fingerprint density at radius 2 is 1.84 bits per heavy atom. The topological polar surface area (TPSA) is 70.5 Å². The van der Waals surface area contributed by atoms with Crippen LogP contribution in [0.15, 0.2) is 6.20 Å². The smallest absolute Gasteiger partial charge is 0.246 e. The SMILES string of the molecule is CCC(CC)(OC)C(=O)c1ncc(OC)nc1OC. The number of hydrogen-bond acceptors (Lipinski definition) is 6. The zero-order chi connectivity index (χ0) is 14.5. The number of aromatic nitrogens is 2. The number of Topliss-reactive ketones (excluding diaryl/α,β-unsaturated/α-hetero) is 1. The van der Waals surface area contributed by atoms with Crippen LogP contribution in [0.1, 0.15) is 37.2 Å². The number of methoxy groups -OCH3 is 3. The molecule has 0 fully saturated rings. The van der Waals surface area contributed by atoms with Crippen LogP contribution in [0.5, 0.6) is 11.8 Å². The first-order valence-electron chi connectivity index (χ1n) is 6.13. The average molecular weight is 268 g/mol. The van der Waals surface area contributed by atoms with Crippen LogP contribution in [0.3, 0.4) is 0 Å². The van der Waals surface area contributed by atoms with Gasteiger partial charge in [0, 0.05) is 7.11 Å². The van der Waals surface area contributed by atoms with Gasteiger partial charge in [-0.3, -0.25) is 4.79 Å². The van der Waals surface area contributed by atoms with Crippen molar-refractivity contribution in [3.8, 4) is 11.8 Å². The van der Waals surface area contributed by atoms with Crippen LogP contribution in [-0.4, -0.2) is 42.7 Å². The van der Waals surface area contributed by atoms with Crippen molar-refractivity contribution < 1.29 is 19.0 Å². The Kier molecular flexibility index (Phi) is 5.23. The number of ketones is 1. The molecular formula is C13H20N2O4. The minimum Gasteiger partial charge on any atom is -0.480 e. The van der Waals surface area contributed by atoms with Crippen molar-refractivity contribution in [2.24, 2.45) is 0 Å². The van der Waals surface area contributed by atoms with Gasteiger partial charge in [0.25, 0.3) is 0 Å². The Morgan fingerprint density at radius 3 is 2.26 bits per heavy atom. The summed E-state index contributed by atoms with van der Waals surface area (Å²) in [4.78, 5) is 20.7. The standard InChI is InChI=1S/C13H20N2O4/c1-6-13(7-2,19-5)11(16)10-12(18-4)15-9(17-3)8-14-10/h8H,6-7H2,1-5H3. The van der Waals surface area contributed by atoms with E-state index in [2.05, 4.69) is 9.97 Å². The highest BCUT2D eigenvalue weighted by molar-refractivity contribution is 6.02. The molecule has 1 rings (SSSR count). The van der Waals surface area contributed by atoms with E-state index >= 15 is 0 Å². The van der Waals surface area contributed by atoms with Gasteiger partial charge in [0.2, 0.25) is 17.5 Å². The maximum atomic E-state index is 12.6. The molecule has 1 aromatic heterocycles. The second-order valence-corrected chi connectivity index (χ2v) is 4.00. The summed E-state index contributed by atoms with van der Waals surface area (Å²) in [5.74, 6) is 0.212. The van der Waals surface area contributed by atoms with Crippen LogP contribution < -0.4 is 9.47 Å². The zero-order valence-electron chi connectivity index (χ0n) is 12.0. The third kappa shape index (κ3) is 2.84. The van der Waals surface area contributed by atoms with Crippen LogP contribution in [0.25, 0.3) is 0 Å². The predicted octanol–water partition coefficient (Wildman–Crippen LogP) is 1.88. The van der Waals surface area contributed by atoms with E-state index in [9.17, 15) is 4.79 Å². The summed E-state index contributed by atoms with van der Waals surface area (Å²) in [6, 6.07) is 0.